The molecule has 34 heavy (non-hydrogen) atoms. The van der Waals surface area contributed by atoms with E-state index < -0.39 is 11.5 Å². The van der Waals surface area contributed by atoms with Crippen LogP contribution in [0.5, 0.6) is 5.75 Å². The lowest BCUT2D eigenvalue weighted by Crippen LogP contribution is -2.62. The van der Waals surface area contributed by atoms with E-state index in [1.807, 2.05) is 67.6 Å². The van der Waals surface area contributed by atoms with E-state index in [2.05, 4.69) is 22.0 Å². The summed E-state index contributed by atoms with van der Waals surface area (Å²) in [5, 5.41) is 2.91. The summed E-state index contributed by atoms with van der Waals surface area (Å²) < 4.78 is 8.06. The molecule has 0 bridgehead atoms. The number of likely N-dealkylation sites (N-methyl/N-ethyl adjacent to an activating group) is 1. The van der Waals surface area contributed by atoms with Crippen molar-refractivity contribution < 1.29 is 14.3 Å². The summed E-state index contributed by atoms with van der Waals surface area (Å²) in [6.07, 6.45) is 0. The van der Waals surface area contributed by atoms with Crippen LogP contribution in [0, 0.1) is 0 Å². The predicted molar refractivity (Wildman–Crippen MR) is 131 cm³/mol. The zero-order valence-corrected chi connectivity index (χ0v) is 19.2. The van der Waals surface area contributed by atoms with E-state index in [0.717, 1.165) is 16.6 Å². The SMILES string of the molecule is CCN1C(=O)C(C)(C(=O)NCc2nc3ccccc3n2Cc2ccccc2)Oc2ccccc21. The van der Waals surface area contributed by atoms with Crippen LogP contribution in [-0.4, -0.2) is 33.5 Å². The summed E-state index contributed by atoms with van der Waals surface area (Å²) in [5.41, 5.74) is 1.97. The number of anilines is 1. The molecule has 0 spiro atoms. The largest absolute Gasteiger partial charge is 0.466 e. The number of para-hydroxylation sites is 4. The van der Waals surface area contributed by atoms with Gasteiger partial charge in [0.25, 0.3) is 17.4 Å². The van der Waals surface area contributed by atoms with Gasteiger partial charge >= 0.3 is 0 Å². The summed E-state index contributed by atoms with van der Waals surface area (Å²) in [6.45, 7) is 4.63. The monoisotopic (exact) mass is 454 g/mol. The van der Waals surface area contributed by atoms with E-state index in [-0.39, 0.29) is 12.5 Å². The first-order chi connectivity index (χ1) is 16.5. The molecular weight excluding hydrogens is 428 g/mol. The summed E-state index contributed by atoms with van der Waals surface area (Å²) in [7, 11) is 0. The number of nitrogens with one attached hydrogen (secondary N) is 1. The topological polar surface area (TPSA) is 76.5 Å². The zero-order chi connectivity index (χ0) is 23.7. The number of carbonyl (C=O) groups is 2. The quantitative estimate of drug-likeness (QED) is 0.448. The van der Waals surface area contributed by atoms with Crippen molar-refractivity contribution in [2.24, 2.45) is 0 Å². The highest BCUT2D eigenvalue weighted by Gasteiger charge is 2.50. The van der Waals surface area contributed by atoms with Gasteiger partial charge in [0.15, 0.2) is 0 Å². The van der Waals surface area contributed by atoms with Gasteiger partial charge in [0.05, 0.1) is 23.3 Å². The first kappa shape index (κ1) is 21.7. The Balaban J connectivity index is 1.42. The molecule has 172 valence electrons. The number of hydrogen-bond acceptors (Lipinski definition) is 4. The van der Waals surface area contributed by atoms with Crippen molar-refractivity contribution in [3.63, 3.8) is 0 Å². The number of imidazole rings is 1. The third-order valence-corrected chi connectivity index (χ3v) is 6.20. The van der Waals surface area contributed by atoms with E-state index in [9.17, 15) is 9.59 Å². The molecule has 1 aliphatic heterocycles. The zero-order valence-electron chi connectivity index (χ0n) is 19.2. The van der Waals surface area contributed by atoms with Gasteiger partial charge in [-0.25, -0.2) is 4.98 Å². The lowest BCUT2D eigenvalue weighted by atomic mass is 10.00. The fourth-order valence-electron chi connectivity index (χ4n) is 4.39. The van der Waals surface area contributed by atoms with Crippen molar-refractivity contribution in [3.8, 4) is 5.75 Å². The normalized spacial score (nSPS) is 17.4. The molecule has 0 fully saturated rings. The van der Waals surface area contributed by atoms with E-state index >= 15 is 0 Å². The van der Waals surface area contributed by atoms with Gasteiger partial charge in [-0.1, -0.05) is 54.6 Å². The van der Waals surface area contributed by atoms with Crippen molar-refractivity contribution in [3.05, 3.63) is 90.3 Å². The second-order valence-electron chi connectivity index (χ2n) is 8.42. The van der Waals surface area contributed by atoms with Crippen molar-refractivity contribution in [2.45, 2.75) is 32.5 Å². The first-order valence-corrected chi connectivity index (χ1v) is 11.4. The maximum Gasteiger partial charge on any atom is 0.280 e. The Labute approximate surface area is 198 Å². The molecule has 1 unspecified atom stereocenters. The van der Waals surface area contributed by atoms with Gasteiger partial charge in [-0.3, -0.25) is 9.59 Å². The molecule has 1 N–H and O–H groups in total. The Hall–Kier alpha value is -4.13. The molecule has 0 aliphatic carbocycles. The number of aromatic nitrogens is 2. The van der Waals surface area contributed by atoms with Crippen molar-refractivity contribution >= 4 is 28.5 Å². The average Bonchev–Trinajstić information content (AvgIpc) is 3.21. The molecule has 7 nitrogen and oxygen atoms in total. The summed E-state index contributed by atoms with van der Waals surface area (Å²) in [6, 6.07) is 25.2. The highest BCUT2D eigenvalue weighted by molar-refractivity contribution is 6.16. The molecular formula is C27H26N4O3. The van der Waals surface area contributed by atoms with E-state index in [0.29, 0.717) is 30.4 Å². The molecule has 1 aliphatic rings. The number of ether oxygens (including phenoxy) is 1. The van der Waals surface area contributed by atoms with Gasteiger partial charge in [0.2, 0.25) is 0 Å². The van der Waals surface area contributed by atoms with Gasteiger partial charge in [0, 0.05) is 13.1 Å². The van der Waals surface area contributed by atoms with E-state index in [1.165, 1.54) is 6.92 Å². The molecule has 3 aromatic carbocycles. The molecule has 0 saturated heterocycles. The highest BCUT2D eigenvalue weighted by atomic mass is 16.5. The number of rotatable bonds is 6. The van der Waals surface area contributed by atoms with Crippen molar-refractivity contribution in [1.29, 1.82) is 0 Å². The number of carbonyl (C=O) groups excluding carboxylic acids is 2. The highest BCUT2D eigenvalue weighted by Crippen LogP contribution is 2.37. The Morgan fingerprint density at radius 3 is 2.50 bits per heavy atom. The molecule has 2 amide bonds. The van der Waals surface area contributed by atoms with Crippen LogP contribution in [0.4, 0.5) is 5.69 Å². The number of fused-ring (bicyclic) bond motifs is 2. The van der Waals surface area contributed by atoms with Gasteiger partial charge in [-0.15, -0.1) is 0 Å². The number of hydrogen-bond donors (Lipinski definition) is 1. The Kier molecular flexibility index (Phi) is 5.53. The standard InChI is InChI=1S/C27H26N4O3/c1-3-30-22-15-9-10-16-23(22)34-27(2,26(30)33)25(32)28-17-24-29-20-13-7-8-14-21(20)31(24)18-19-11-5-4-6-12-19/h4-16H,3,17-18H2,1-2H3,(H,28,32). The summed E-state index contributed by atoms with van der Waals surface area (Å²) >= 11 is 0. The molecule has 5 rings (SSSR count). The number of benzene rings is 3. The fourth-order valence-corrected chi connectivity index (χ4v) is 4.39. The van der Waals surface area contributed by atoms with Gasteiger partial charge in [-0.2, -0.15) is 0 Å². The maximum absolute atomic E-state index is 13.3. The minimum atomic E-state index is -1.67. The molecule has 0 radical (unpaired) electrons. The second kappa shape index (κ2) is 8.67. The molecule has 0 saturated carbocycles. The van der Waals surface area contributed by atoms with Crippen molar-refractivity contribution in [1.82, 2.24) is 14.9 Å². The molecule has 7 heteroatoms. The van der Waals surface area contributed by atoms with Crippen LogP contribution in [0.15, 0.2) is 78.9 Å². The first-order valence-electron chi connectivity index (χ1n) is 11.4. The Morgan fingerprint density at radius 2 is 1.71 bits per heavy atom. The fraction of sp³-hybridized carbons (Fsp3) is 0.222. The van der Waals surface area contributed by atoms with Crippen LogP contribution in [0.25, 0.3) is 11.0 Å². The van der Waals surface area contributed by atoms with Gasteiger partial charge in [-0.05, 0) is 43.7 Å². The van der Waals surface area contributed by atoms with Gasteiger partial charge < -0.3 is 19.5 Å². The maximum atomic E-state index is 13.3. The third-order valence-electron chi connectivity index (χ3n) is 6.20. The van der Waals surface area contributed by atoms with Crippen LogP contribution in [0.2, 0.25) is 0 Å². The van der Waals surface area contributed by atoms with E-state index in [4.69, 9.17) is 9.72 Å². The molecule has 1 atom stereocenters. The summed E-state index contributed by atoms with van der Waals surface area (Å²) in [5.74, 6) is 0.337. The van der Waals surface area contributed by atoms with Crippen LogP contribution in [-0.2, 0) is 22.7 Å². The summed E-state index contributed by atoms with van der Waals surface area (Å²) in [4.78, 5) is 32.9. The molecule has 1 aromatic heterocycles. The molecule has 4 aromatic rings. The predicted octanol–water partition coefficient (Wildman–Crippen LogP) is 3.91. The van der Waals surface area contributed by atoms with Crippen molar-refractivity contribution in [2.75, 3.05) is 11.4 Å². The third kappa shape index (κ3) is 3.69. The number of nitrogens with zero attached hydrogens (tertiary/aromatic N) is 3. The van der Waals surface area contributed by atoms with Crippen LogP contribution in [0.3, 0.4) is 0 Å². The number of amides is 2. The Bertz CT molecular complexity index is 1360. The van der Waals surface area contributed by atoms with Crippen LogP contribution < -0.4 is 15.0 Å². The van der Waals surface area contributed by atoms with E-state index in [1.54, 1.807) is 11.0 Å². The minimum Gasteiger partial charge on any atom is -0.466 e. The lowest BCUT2D eigenvalue weighted by molar-refractivity contribution is -0.148. The van der Waals surface area contributed by atoms with Crippen LogP contribution >= 0.6 is 0 Å². The Morgan fingerprint density at radius 1 is 1.00 bits per heavy atom. The van der Waals surface area contributed by atoms with Crippen LogP contribution in [0.1, 0.15) is 25.2 Å². The second-order valence-corrected chi connectivity index (χ2v) is 8.42. The average molecular weight is 455 g/mol. The molecule has 2 heterocycles. The van der Waals surface area contributed by atoms with Gasteiger partial charge in [0.1, 0.15) is 11.6 Å². The lowest BCUT2D eigenvalue weighted by Gasteiger charge is -2.39. The minimum absolute atomic E-state index is 0.167. The smallest absolute Gasteiger partial charge is 0.280 e.